The minimum Gasteiger partial charge on any atom is -0.361 e. The van der Waals surface area contributed by atoms with Gasteiger partial charge in [0.05, 0.1) is 0 Å². The summed E-state index contributed by atoms with van der Waals surface area (Å²) in [4.78, 5) is 3.43. The monoisotopic (exact) mass is 242 g/mol. The molecular weight excluding hydrogens is 220 g/mol. The Morgan fingerprint density at radius 3 is 3.00 bits per heavy atom. The Hall–Kier alpha value is -1.28. The van der Waals surface area contributed by atoms with Crippen LogP contribution in [0.2, 0.25) is 0 Å². The molecule has 1 aromatic heterocycles. The molecule has 2 atom stereocenters. The number of aromatic amines is 1. The zero-order valence-electron chi connectivity index (χ0n) is 11.3. The fourth-order valence-electron chi connectivity index (χ4n) is 3.16. The maximum absolute atomic E-state index is 3.53. The number of H-pyrrole nitrogens is 1. The molecule has 2 nitrogen and oxygen atoms in total. The molecule has 1 aromatic carbocycles. The van der Waals surface area contributed by atoms with Gasteiger partial charge in [-0.25, -0.2) is 0 Å². The highest BCUT2D eigenvalue weighted by molar-refractivity contribution is 5.84. The number of benzene rings is 1. The van der Waals surface area contributed by atoms with Gasteiger partial charge in [-0.3, -0.25) is 0 Å². The van der Waals surface area contributed by atoms with E-state index in [9.17, 15) is 0 Å². The first-order valence-electron chi connectivity index (χ1n) is 7.11. The summed E-state index contributed by atoms with van der Waals surface area (Å²) in [5.41, 5.74) is 4.24. The van der Waals surface area contributed by atoms with E-state index in [1.807, 2.05) is 0 Å². The SMILES string of the molecule is CCc1ccc2[nH]cc(C3CCNC(C)C3)c2c1. The third-order valence-corrected chi connectivity index (χ3v) is 4.25. The van der Waals surface area contributed by atoms with E-state index in [-0.39, 0.29) is 0 Å². The van der Waals surface area contributed by atoms with E-state index in [1.165, 1.54) is 34.9 Å². The molecule has 0 aliphatic carbocycles. The van der Waals surface area contributed by atoms with E-state index in [0.717, 1.165) is 13.0 Å². The molecule has 3 rings (SSSR count). The molecule has 18 heavy (non-hydrogen) atoms. The van der Waals surface area contributed by atoms with Crippen LogP contribution in [-0.2, 0) is 6.42 Å². The minimum absolute atomic E-state index is 0.642. The van der Waals surface area contributed by atoms with Crippen molar-refractivity contribution in [3.05, 3.63) is 35.5 Å². The van der Waals surface area contributed by atoms with Crippen molar-refractivity contribution in [2.24, 2.45) is 0 Å². The topological polar surface area (TPSA) is 27.8 Å². The van der Waals surface area contributed by atoms with Gasteiger partial charge in [-0.15, -0.1) is 0 Å². The predicted octanol–water partition coefficient (Wildman–Crippen LogP) is 3.59. The first-order valence-corrected chi connectivity index (χ1v) is 7.11. The van der Waals surface area contributed by atoms with Crippen molar-refractivity contribution in [3.63, 3.8) is 0 Å². The van der Waals surface area contributed by atoms with E-state index < -0.39 is 0 Å². The molecule has 1 aliphatic rings. The molecule has 1 fully saturated rings. The lowest BCUT2D eigenvalue weighted by Crippen LogP contribution is -2.34. The zero-order valence-corrected chi connectivity index (χ0v) is 11.3. The van der Waals surface area contributed by atoms with E-state index in [0.29, 0.717) is 12.0 Å². The number of aromatic nitrogens is 1. The molecule has 2 unspecified atom stereocenters. The van der Waals surface area contributed by atoms with Crippen LogP contribution in [0.4, 0.5) is 0 Å². The number of rotatable bonds is 2. The van der Waals surface area contributed by atoms with Gasteiger partial charge in [0.25, 0.3) is 0 Å². The Labute approximate surface area is 109 Å². The zero-order chi connectivity index (χ0) is 12.5. The van der Waals surface area contributed by atoms with Crippen LogP contribution in [-0.4, -0.2) is 17.6 Å². The van der Waals surface area contributed by atoms with Crippen molar-refractivity contribution >= 4 is 10.9 Å². The first kappa shape index (κ1) is 11.8. The molecule has 2 heterocycles. The lowest BCUT2D eigenvalue weighted by Gasteiger charge is -2.27. The third-order valence-electron chi connectivity index (χ3n) is 4.25. The summed E-state index contributed by atoms with van der Waals surface area (Å²) in [6.45, 7) is 5.66. The van der Waals surface area contributed by atoms with Gasteiger partial charge >= 0.3 is 0 Å². The van der Waals surface area contributed by atoms with Crippen LogP contribution in [0, 0.1) is 0 Å². The van der Waals surface area contributed by atoms with Crippen molar-refractivity contribution in [1.29, 1.82) is 0 Å². The third kappa shape index (κ3) is 2.05. The number of piperidine rings is 1. The summed E-state index contributed by atoms with van der Waals surface area (Å²) in [6.07, 6.45) is 5.85. The molecule has 0 spiro atoms. The summed E-state index contributed by atoms with van der Waals surface area (Å²) in [5, 5.41) is 4.97. The molecule has 1 aliphatic heterocycles. The largest absolute Gasteiger partial charge is 0.361 e. The number of hydrogen-bond donors (Lipinski definition) is 2. The van der Waals surface area contributed by atoms with Crippen LogP contribution in [0.1, 0.15) is 43.7 Å². The second-order valence-electron chi connectivity index (χ2n) is 5.55. The smallest absolute Gasteiger partial charge is 0.0457 e. The molecule has 1 saturated heterocycles. The molecule has 0 saturated carbocycles. The summed E-state index contributed by atoms with van der Waals surface area (Å²) in [6, 6.07) is 7.46. The second-order valence-corrected chi connectivity index (χ2v) is 5.55. The Morgan fingerprint density at radius 1 is 1.33 bits per heavy atom. The van der Waals surface area contributed by atoms with E-state index in [1.54, 1.807) is 0 Å². The van der Waals surface area contributed by atoms with Crippen molar-refractivity contribution in [2.75, 3.05) is 6.54 Å². The molecule has 0 amide bonds. The van der Waals surface area contributed by atoms with Crippen molar-refractivity contribution in [1.82, 2.24) is 10.3 Å². The molecule has 0 radical (unpaired) electrons. The normalized spacial score (nSPS) is 24.6. The molecule has 2 N–H and O–H groups in total. The van der Waals surface area contributed by atoms with Crippen LogP contribution in [0.5, 0.6) is 0 Å². The van der Waals surface area contributed by atoms with Gasteiger partial charge < -0.3 is 10.3 Å². The predicted molar refractivity (Wildman–Crippen MR) is 77.1 cm³/mol. The van der Waals surface area contributed by atoms with Crippen LogP contribution in [0.15, 0.2) is 24.4 Å². The van der Waals surface area contributed by atoms with Gasteiger partial charge in [-0.2, -0.15) is 0 Å². The first-order chi connectivity index (χ1) is 8.78. The van der Waals surface area contributed by atoms with E-state index in [4.69, 9.17) is 0 Å². The Morgan fingerprint density at radius 2 is 2.22 bits per heavy atom. The summed E-state index contributed by atoms with van der Waals surface area (Å²) < 4.78 is 0. The highest BCUT2D eigenvalue weighted by atomic mass is 14.9. The van der Waals surface area contributed by atoms with Crippen LogP contribution >= 0.6 is 0 Å². The van der Waals surface area contributed by atoms with Crippen LogP contribution < -0.4 is 5.32 Å². The van der Waals surface area contributed by atoms with Gasteiger partial charge in [-0.05, 0) is 61.9 Å². The number of fused-ring (bicyclic) bond motifs is 1. The molecule has 96 valence electrons. The van der Waals surface area contributed by atoms with Crippen LogP contribution in [0.3, 0.4) is 0 Å². The second kappa shape index (κ2) is 4.77. The number of nitrogens with one attached hydrogen (secondary N) is 2. The van der Waals surface area contributed by atoms with E-state index in [2.05, 4.69) is 48.5 Å². The maximum Gasteiger partial charge on any atom is 0.0457 e. The maximum atomic E-state index is 3.53. The van der Waals surface area contributed by atoms with Gasteiger partial charge in [0, 0.05) is 23.1 Å². The minimum atomic E-state index is 0.642. The Kier molecular flexibility index (Phi) is 3.13. The summed E-state index contributed by atoms with van der Waals surface area (Å²) in [7, 11) is 0. The fraction of sp³-hybridized carbons (Fsp3) is 0.500. The molecule has 2 aromatic rings. The highest BCUT2D eigenvalue weighted by Crippen LogP contribution is 2.33. The average Bonchev–Trinajstić information content (AvgIpc) is 2.81. The standard InChI is InChI=1S/C16H22N2/c1-3-12-4-5-16-14(9-12)15(10-18-16)13-6-7-17-11(2)8-13/h4-5,9-11,13,17-18H,3,6-8H2,1-2H3. The summed E-state index contributed by atoms with van der Waals surface area (Å²) >= 11 is 0. The van der Waals surface area contributed by atoms with Gasteiger partial charge in [0.2, 0.25) is 0 Å². The quantitative estimate of drug-likeness (QED) is 0.827. The Bertz CT molecular complexity index is 541. The van der Waals surface area contributed by atoms with Gasteiger partial charge in [0.15, 0.2) is 0 Å². The lowest BCUT2D eigenvalue weighted by molar-refractivity contribution is 0.382. The molecule has 2 heteroatoms. The van der Waals surface area contributed by atoms with Crippen LogP contribution in [0.25, 0.3) is 10.9 Å². The number of hydrogen-bond acceptors (Lipinski definition) is 1. The summed E-state index contributed by atoms with van der Waals surface area (Å²) in [5.74, 6) is 0.710. The highest BCUT2D eigenvalue weighted by Gasteiger charge is 2.22. The van der Waals surface area contributed by atoms with Crippen molar-refractivity contribution < 1.29 is 0 Å². The number of aryl methyl sites for hydroxylation is 1. The van der Waals surface area contributed by atoms with Gasteiger partial charge in [-0.1, -0.05) is 13.0 Å². The van der Waals surface area contributed by atoms with Crippen molar-refractivity contribution in [2.45, 2.75) is 45.1 Å². The molecular formula is C16H22N2. The average molecular weight is 242 g/mol. The molecule has 0 bridgehead atoms. The van der Waals surface area contributed by atoms with Gasteiger partial charge in [0.1, 0.15) is 0 Å². The lowest BCUT2D eigenvalue weighted by atomic mass is 9.86. The van der Waals surface area contributed by atoms with E-state index >= 15 is 0 Å². The fourth-order valence-corrected chi connectivity index (χ4v) is 3.16. The Balaban J connectivity index is 2.00. The van der Waals surface area contributed by atoms with Crippen molar-refractivity contribution in [3.8, 4) is 0 Å².